The number of hydrogen-bond acceptors (Lipinski definition) is 3. The Hall–Kier alpha value is -1.93. The van der Waals surface area contributed by atoms with Crippen molar-refractivity contribution in [2.75, 3.05) is 6.54 Å². The molecule has 0 amide bonds. The summed E-state index contributed by atoms with van der Waals surface area (Å²) in [5, 5.41) is 9.95. The maximum absolute atomic E-state index is 13.1. The van der Waals surface area contributed by atoms with E-state index in [1.165, 1.54) is 24.5 Å². The van der Waals surface area contributed by atoms with E-state index in [1.54, 1.807) is 12.1 Å². The predicted molar refractivity (Wildman–Crippen MR) is 78.5 cm³/mol. The van der Waals surface area contributed by atoms with Crippen molar-refractivity contribution in [3.05, 3.63) is 53.9 Å². The zero-order chi connectivity index (χ0) is 17.3. The van der Waals surface area contributed by atoms with Gasteiger partial charge in [-0.15, -0.1) is 0 Å². The van der Waals surface area contributed by atoms with Gasteiger partial charge in [0.25, 0.3) is 0 Å². The molecule has 0 bridgehead atoms. The first kappa shape index (κ1) is 16.9. The van der Waals surface area contributed by atoms with E-state index in [0.717, 1.165) is 10.1 Å². The van der Waals surface area contributed by atoms with Crippen LogP contribution in [0.25, 0.3) is 0 Å². The van der Waals surface area contributed by atoms with Gasteiger partial charge in [0, 0.05) is 25.0 Å². The highest BCUT2D eigenvalue weighted by molar-refractivity contribution is 5.21. The summed E-state index contributed by atoms with van der Waals surface area (Å²) in [7, 11) is 0. The molecule has 1 aliphatic rings. The van der Waals surface area contributed by atoms with E-state index in [9.17, 15) is 22.7 Å². The zero-order valence-corrected chi connectivity index (χ0v) is 12.7. The fourth-order valence-corrected chi connectivity index (χ4v) is 3.10. The molecule has 1 aliphatic heterocycles. The lowest BCUT2D eigenvalue weighted by Gasteiger charge is -2.24. The number of hydrogen-bond donors (Lipinski definition) is 1. The van der Waals surface area contributed by atoms with E-state index < -0.39 is 18.8 Å². The summed E-state index contributed by atoms with van der Waals surface area (Å²) in [6.45, 7) is -0.580. The van der Waals surface area contributed by atoms with Crippen molar-refractivity contribution < 1.29 is 22.7 Å². The van der Waals surface area contributed by atoms with Crippen molar-refractivity contribution in [2.45, 2.75) is 37.8 Å². The van der Waals surface area contributed by atoms with Crippen LogP contribution in [-0.2, 0) is 13.1 Å². The third-order valence-electron chi connectivity index (χ3n) is 4.13. The second-order valence-corrected chi connectivity index (χ2v) is 5.97. The number of β-amino-alcohol motifs (C(OH)–C–C–N with tert-alkyl or cyclic N) is 1. The van der Waals surface area contributed by atoms with Crippen molar-refractivity contribution >= 4 is 0 Å². The highest BCUT2D eigenvalue weighted by atomic mass is 19.4. The van der Waals surface area contributed by atoms with Gasteiger partial charge in [0.1, 0.15) is 18.2 Å². The maximum atomic E-state index is 13.1. The average Bonchev–Trinajstić information content (AvgIpc) is 3.06. The van der Waals surface area contributed by atoms with E-state index in [1.807, 2.05) is 4.90 Å². The highest BCUT2D eigenvalue weighted by Crippen LogP contribution is 2.33. The van der Waals surface area contributed by atoms with Crippen molar-refractivity contribution in [1.82, 2.24) is 14.5 Å². The number of likely N-dealkylation sites (tertiary alicyclic amines) is 1. The number of aliphatic hydroxyl groups excluding tert-OH is 1. The van der Waals surface area contributed by atoms with E-state index in [4.69, 9.17) is 0 Å². The standard InChI is InChI=1S/C16H17F4N3O/c17-12-3-1-11(2-4-12)14-7-13(24)8-23(14)9-15-21-5-6-22(15)10-16(18,19)20/h1-6,13-14,24H,7-10H2/t13-,14-/m1/s1. The third kappa shape index (κ3) is 3.93. The summed E-state index contributed by atoms with van der Waals surface area (Å²) >= 11 is 0. The first-order chi connectivity index (χ1) is 11.3. The Morgan fingerprint density at radius 3 is 2.58 bits per heavy atom. The van der Waals surface area contributed by atoms with Crippen LogP contribution in [0, 0.1) is 5.82 Å². The minimum absolute atomic E-state index is 0.183. The van der Waals surface area contributed by atoms with Gasteiger partial charge in [-0.1, -0.05) is 12.1 Å². The number of rotatable bonds is 4. The quantitative estimate of drug-likeness (QED) is 0.868. The van der Waals surface area contributed by atoms with Gasteiger partial charge in [0.2, 0.25) is 0 Å². The normalized spacial score (nSPS) is 22.2. The lowest BCUT2D eigenvalue weighted by Crippen LogP contribution is -2.27. The molecule has 1 fully saturated rings. The van der Waals surface area contributed by atoms with Gasteiger partial charge in [-0.25, -0.2) is 9.37 Å². The molecule has 8 heteroatoms. The molecule has 130 valence electrons. The molecule has 0 aliphatic carbocycles. The molecular weight excluding hydrogens is 326 g/mol. The van der Waals surface area contributed by atoms with Crippen molar-refractivity contribution in [3.63, 3.8) is 0 Å². The molecule has 4 nitrogen and oxygen atoms in total. The first-order valence-corrected chi connectivity index (χ1v) is 7.56. The molecule has 1 aromatic heterocycles. The number of benzene rings is 1. The molecule has 1 saturated heterocycles. The Kier molecular flexibility index (Phi) is 4.60. The zero-order valence-electron chi connectivity index (χ0n) is 12.7. The Labute approximate surface area is 136 Å². The van der Waals surface area contributed by atoms with Crippen LogP contribution in [0.5, 0.6) is 0 Å². The lowest BCUT2D eigenvalue weighted by molar-refractivity contribution is -0.141. The van der Waals surface area contributed by atoms with Crippen LogP contribution in [-0.4, -0.2) is 38.4 Å². The number of aromatic nitrogens is 2. The number of halogens is 4. The molecule has 1 N–H and O–H groups in total. The number of imidazole rings is 1. The summed E-state index contributed by atoms with van der Waals surface area (Å²) in [5.74, 6) is -0.0712. The van der Waals surface area contributed by atoms with Gasteiger partial charge >= 0.3 is 6.18 Å². The SMILES string of the molecule is O[C@@H]1C[C@H](c2ccc(F)cc2)N(Cc2nccn2CC(F)(F)F)C1. The summed E-state index contributed by atoms with van der Waals surface area (Å²) in [6.07, 6.45) is -1.82. The average molecular weight is 343 g/mol. The molecule has 24 heavy (non-hydrogen) atoms. The van der Waals surface area contributed by atoms with Crippen LogP contribution in [0.2, 0.25) is 0 Å². The van der Waals surface area contributed by atoms with Gasteiger partial charge in [-0.3, -0.25) is 4.90 Å². The largest absolute Gasteiger partial charge is 0.406 e. The lowest BCUT2D eigenvalue weighted by atomic mass is 10.0. The monoisotopic (exact) mass is 343 g/mol. The van der Waals surface area contributed by atoms with Crippen LogP contribution in [0.1, 0.15) is 23.9 Å². The molecule has 0 unspecified atom stereocenters. The van der Waals surface area contributed by atoms with Crippen LogP contribution in [0.3, 0.4) is 0 Å². The van der Waals surface area contributed by atoms with E-state index in [2.05, 4.69) is 4.98 Å². The van der Waals surface area contributed by atoms with Gasteiger partial charge in [-0.05, 0) is 24.1 Å². The van der Waals surface area contributed by atoms with Gasteiger partial charge < -0.3 is 9.67 Å². The molecule has 2 aromatic rings. The predicted octanol–water partition coefficient (Wildman–Crippen LogP) is 2.89. The number of alkyl halides is 3. The third-order valence-corrected chi connectivity index (χ3v) is 4.13. The van der Waals surface area contributed by atoms with Gasteiger partial charge in [-0.2, -0.15) is 13.2 Å². The molecule has 3 rings (SSSR count). The van der Waals surface area contributed by atoms with Crippen LogP contribution in [0.4, 0.5) is 17.6 Å². The van der Waals surface area contributed by atoms with E-state index in [-0.39, 0.29) is 24.2 Å². The Morgan fingerprint density at radius 1 is 1.21 bits per heavy atom. The van der Waals surface area contributed by atoms with E-state index in [0.29, 0.717) is 13.0 Å². The van der Waals surface area contributed by atoms with Crippen molar-refractivity contribution in [3.8, 4) is 0 Å². The van der Waals surface area contributed by atoms with Gasteiger partial charge in [0.05, 0.1) is 12.6 Å². The molecule has 0 spiro atoms. The van der Waals surface area contributed by atoms with Gasteiger partial charge in [0.15, 0.2) is 0 Å². The minimum Gasteiger partial charge on any atom is -0.392 e. The van der Waals surface area contributed by atoms with Crippen LogP contribution >= 0.6 is 0 Å². The number of aliphatic hydroxyl groups is 1. The topological polar surface area (TPSA) is 41.3 Å². The molecule has 0 saturated carbocycles. The summed E-state index contributed by atoms with van der Waals surface area (Å²) < 4.78 is 52.0. The summed E-state index contributed by atoms with van der Waals surface area (Å²) in [6, 6.07) is 5.75. The smallest absolute Gasteiger partial charge is 0.392 e. The number of nitrogens with zero attached hydrogens (tertiary/aromatic N) is 3. The summed E-state index contributed by atoms with van der Waals surface area (Å²) in [4.78, 5) is 5.88. The maximum Gasteiger partial charge on any atom is 0.406 e. The highest BCUT2D eigenvalue weighted by Gasteiger charge is 2.34. The molecular formula is C16H17F4N3O. The minimum atomic E-state index is -4.32. The fraction of sp³-hybridized carbons (Fsp3) is 0.438. The van der Waals surface area contributed by atoms with E-state index >= 15 is 0 Å². The molecule has 2 heterocycles. The molecule has 1 aromatic carbocycles. The molecule has 0 radical (unpaired) electrons. The van der Waals surface area contributed by atoms with Crippen molar-refractivity contribution in [1.29, 1.82) is 0 Å². The second kappa shape index (κ2) is 6.52. The second-order valence-electron chi connectivity index (χ2n) is 5.97. The Morgan fingerprint density at radius 2 is 1.92 bits per heavy atom. The summed E-state index contributed by atoms with van der Waals surface area (Å²) in [5.41, 5.74) is 0.821. The first-order valence-electron chi connectivity index (χ1n) is 7.56. The van der Waals surface area contributed by atoms with Crippen LogP contribution < -0.4 is 0 Å². The van der Waals surface area contributed by atoms with Crippen LogP contribution in [0.15, 0.2) is 36.7 Å². The Balaban J connectivity index is 1.78. The molecule has 2 atom stereocenters. The van der Waals surface area contributed by atoms with Crippen molar-refractivity contribution in [2.24, 2.45) is 0 Å². The Bertz CT molecular complexity index is 683. The fourth-order valence-electron chi connectivity index (χ4n) is 3.10.